The average molecular weight is 237 g/mol. The molecule has 96 valence electrons. The second-order valence-corrected chi connectivity index (χ2v) is 4.46. The van der Waals surface area contributed by atoms with Gasteiger partial charge in [-0.05, 0) is 38.8 Å². The van der Waals surface area contributed by atoms with Crippen molar-refractivity contribution in [3.63, 3.8) is 0 Å². The Labute approximate surface area is 104 Å². The van der Waals surface area contributed by atoms with E-state index in [1.54, 1.807) is 6.20 Å². The molecule has 0 aliphatic heterocycles. The van der Waals surface area contributed by atoms with E-state index in [9.17, 15) is 0 Å². The Morgan fingerprint density at radius 1 is 1.47 bits per heavy atom. The van der Waals surface area contributed by atoms with E-state index >= 15 is 0 Å². The number of nitrogens with zero attached hydrogens (tertiary/aromatic N) is 1. The Bertz CT molecular complexity index is 328. The summed E-state index contributed by atoms with van der Waals surface area (Å²) >= 11 is 0. The Balaban J connectivity index is 2.62. The fourth-order valence-electron chi connectivity index (χ4n) is 1.68. The van der Waals surface area contributed by atoms with Gasteiger partial charge in [0.2, 0.25) is 0 Å². The third-order valence-corrected chi connectivity index (χ3v) is 2.34. The van der Waals surface area contributed by atoms with Crippen LogP contribution in [0.2, 0.25) is 0 Å². The molecule has 0 spiro atoms. The number of hydrogen-bond donors (Lipinski definition) is 2. The normalized spacial score (nSPS) is 14.1. The molecule has 1 aromatic heterocycles. The van der Waals surface area contributed by atoms with E-state index in [0.29, 0.717) is 6.61 Å². The first-order chi connectivity index (χ1) is 8.13. The van der Waals surface area contributed by atoms with Crippen LogP contribution in [0.5, 0.6) is 5.75 Å². The van der Waals surface area contributed by atoms with Gasteiger partial charge in [0.25, 0.3) is 0 Å². The predicted octanol–water partition coefficient (Wildman–Crippen LogP) is 2.41. The lowest BCUT2D eigenvalue weighted by Crippen LogP contribution is -2.26. The number of pyridine rings is 1. The first-order valence-electron chi connectivity index (χ1n) is 6.23. The first-order valence-corrected chi connectivity index (χ1v) is 6.23. The predicted molar refractivity (Wildman–Crippen MR) is 71.4 cm³/mol. The standard InChI is InChI=1S/C13H23N3O/c1-4-8-17-12-6-5-7-15-13(12)16-11(3)9-10(2)14/h5-7,10-11H,4,8-9,14H2,1-3H3,(H,15,16). The summed E-state index contributed by atoms with van der Waals surface area (Å²) in [5.41, 5.74) is 5.77. The highest BCUT2D eigenvalue weighted by Gasteiger charge is 2.09. The summed E-state index contributed by atoms with van der Waals surface area (Å²) in [5.74, 6) is 1.61. The maximum Gasteiger partial charge on any atom is 0.168 e. The SMILES string of the molecule is CCCOc1cccnc1NC(C)CC(C)N. The van der Waals surface area contributed by atoms with Gasteiger partial charge in [0.1, 0.15) is 0 Å². The smallest absolute Gasteiger partial charge is 0.168 e. The molecule has 0 radical (unpaired) electrons. The van der Waals surface area contributed by atoms with E-state index in [0.717, 1.165) is 24.4 Å². The highest BCUT2D eigenvalue weighted by atomic mass is 16.5. The fraction of sp³-hybridized carbons (Fsp3) is 0.615. The third kappa shape index (κ3) is 5.04. The van der Waals surface area contributed by atoms with E-state index in [-0.39, 0.29) is 12.1 Å². The van der Waals surface area contributed by atoms with Gasteiger partial charge in [-0.2, -0.15) is 0 Å². The van der Waals surface area contributed by atoms with Crippen LogP contribution in [0.4, 0.5) is 5.82 Å². The molecule has 2 atom stereocenters. The molecular formula is C13H23N3O. The van der Waals surface area contributed by atoms with Crippen molar-refractivity contribution < 1.29 is 4.74 Å². The Morgan fingerprint density at radius 3 is 2.88 bits per heavy atom. The molecule has 0 fully saturated rings. The summed E-state index contributed by atoms with van der Waals surface area (Å²) in [5, 5.41) is 3.33. The summed E-state index contributed by atoms with van der Waals surface area (Å²) < 4.78 is 5.64. The zero-order chi connectivity index (χ0) is 12.7. The van der Waals surface area contributed by atoms with Crippen molar-refractivity contribution in [1.29, 1.82) is 0 Å². The van der Waals surface area contributed by atoms with Gasteiger partial charge < -0.3 is 15.8 Å². The van der Waals surface area contributed by atoms with Crippen LogP contribution in [-0.2, 0) is 0 Å². The van der Waals surface area contributed by atoms with Crippen LogP contribution in [0.3, 0.4) is 0 Å². The quantitative estimate of drug-likeness (QED) is 0.764. The first kappa shape index (κ1) is 13.8. The highest BCUT2D eigenvalue weighted by molar-refractivity contribution is 5.50. The van der Waals surface area contributed by atoms with Gasteiger partial charge >= 0.3 is 0 Å². The summed E-state index contributed by atoms with van der Waals surface area (Å²) in [7, 11) is 0. The van der Waals surface area contributed by atoms with Gasteiger partial charge in [0, 0.05) is 18.3 Å². The zero-order valence-electron chi connectivity index (χ0n) is 10.9. The van der Waals surface area contributed by atoms with Crippen molar-refractivity contribution >= 4 is 5.82 Å². The molecule has 3 N–H and O–H groups in total. The second kappa shape index (κ2) is 7.12. The monoisotopic (exact) mass is 237 g/mol. The second-order valence-electron chi connectivity index (χ2n) is 4.46. The molecule has 2 unspecified atom stereocenters. The molecule has 0 saturated carbocycles. The number of rotatable bonds is 7. The fourth-order valence-corrected chi connectivity index (χ4v) is 1.68. The number of nitrogens with one attached hydrogen (secondary N) is 1. The molecule has 4 heteroatoms. The van der Waals surface area contributed by atoms with Crippen LogP contribution < -0.4 is 15.8 Å². The summed E-state index contributed by atoms with van der Waals surface area (Å²) in [4.78, 5) is 4.30. The molecule has 1 aromatic rings. The largest absolute Gasteiger partial charge is 0.490 e. The topological polar surface area (TPSA) is 60.2 Å². The molecule has 0 amide bonds. The lowest BCUT2D eigenvalue weighted by atomic mass is 10.1. The van der Waals surface area contributed by atoms with E-state index in [2.05, 4.69) is 24.1 Å². The maximum absolute atomic E-state index is 5.77. The number of hydrogen-bond acceptors (Lipinski definition) is 4. The minimum absolute atomic E-state index is 0.182. The van der Waals surface area contributed by atoms with Crippen LogP contribution in [0.25, 0.3) is 0 Å². The number of ether oxygens (including phenoxy) is 1. The lowest BCUT2D eigenvalue weighted by Gasteiger charge is -2.18. The van der Waals surface area contributed by atoms with Gasteiger partial charge in [0.05, 0.1) is 6.61 Å². The van der Waals surface area contributed by atoms with Crippen LogP contribution >= 0.6 is 0 Å². The van der Waals surface area contributed by atoms with Gasteiger partial charge in [-0.25, -0.2) is 4.98 Å². The molecule has 0 bridgehead atoms. The molecule has 0 aliphatic carbocycles. The third-order valence-electron chi connectivity index (χ3n) is 2.34. The van der Waals surface area contributed by atoms with Crippen molar-refractivity contribution in [3.05, 3.63) is 18.3 Å². The summed E-state index contributed by atoms with van der Waals surface area (Å²) in [6.07, 6.45) is 3.66. The van der Waals surface area contributed by atoms with Crippen molar-refractivity contribution in [2.24, 2.45) is 5.73 Å². The van der Waals surface area contributed by atoms with E-state index < -0.39 is 0 Å². The molecule has 4 nitrogen and oxygen atoms in total. The molecule has 17 heavy (non-hydrogen) atoms. The minimum Gasteiger partial charge on any atom is -0.490 e. The summed E-state index contributed by atoms with van der Waals surface area (Å²) in [6, 6.07) is 4.28. The number of nitrogens with two attached hydrogens (primary N) is 1. The zero-order valence-corrected chi connectivity index (χ0v) is 10.9. The van der Waals surface area contributed by atoms with Crippen LogP contribution in [0.15, 0.2) is 18.3 Å². The van der Waals surface area contributed by atoms with Crippen LogP contribution in [-0.4, -0.2) is 23.7 Å². The maximum atomic E-state index is 5.77. The number of aromatic nitrogens is 1. The van der Waals surface area contributed by atoms with Gasteiger partial charge in [-0.1, -0.05) is 6.92 Å². The minimum atomic E-state index is 0.182. The molecule has 0 saturated heterocycles. The Morgan fingerprint density at radius 2 is 2.24 bits per heavy atom. The lowest BCUT2D eigenvalue weighted by molar-refractivity contribution is 0.317. The van der Waals surface area contributed by atoms with Crippen molar-refractivity contribution in [3.8, 4) is 5.75 Å². The van der Waals surface area contributed by atoms with Crippen molar-refractivity contribution in [2.45, 2.75) is 45.7 Å². The molecule has 0 aliphatic rings. The van der Waals surface area contributed by atoms with Crippen molar-refractivity contribution in [2.75, 3.05) is 11.9 Å². The van der Waals surface area contributed by atoms with E-state index in [4.69, 9.17) is 10.5 Å². The van der Waals surface area contributed by atoms with Gasteiger partial charge in [-0.3, -0.25) is 0 Å². The Hall–Kier alpha value is -1.29. The Kier molecular flexibility index (Phi) is 5.77. The molecular weight excluding hydrogens is 214 g/mol. The molecule has 1 heterocycles. The van der Waals surface area contributed by atoms with E-state index in [1.165, 1.54) is 0 Å². The van der Waals surface area contributed by atoms with Crippen LogP contribution in [0.1, 0.15) is 33.6 Å². The number of anilines is 1. The molecule has 0 aromatic carbocycles. The molecule has 1 rings (SSSR count). The van der Waals surface area contributed by atoms with Gasteiger partial charge in [0.15, 0.2) is 11.6 Å². The highest BCUT2D eigenvalue weighted by Crippen LogP contribution is 2.22. The van der Waals surface area contributed by atoms with Crippen molar-refractivity contribution in [1.82, 2.24) is 4.98 Å². The van der Waals surface area contributed by atoms with Crippen LogP contribution in [0, 0.1) is 0 Å². The summed E-state index contributed by atoms with van der Waals surface area (Å²) in [6.45, 7) is 6.90. The van der Waals surface area contributed by atoms with E-state index in [1.807, 2.05) is 19.1 Å². The van der Waals surface area contributed by atoms with Gasteiger partial charge in [-0.15, -0.1) is 0 Å². The average Bonchev–Trinajstić information content (AvgIpc) is 2.26.